The van der Waals surface area contributed by atoms with Gasteiger partial charge in [-0.1, -0.05) is 0 Å². The smallest absolute Gasteiger partial charge is 0.317 e. The van der Waals surface area contributed by atoms with E-state index in [0.29, 0.717) is 0 Å². The molecular formula is C5H4O3. The minimum atomic E-state index is -0.319. The van der Waals surface area contributed by atoms with E-state index in [9.17, 15) is 9.59 Å². The van der Waals surface area contributed by atoms with Crippen molar-refractivity contribution in [3.63, 3.8) is 0 Å². The van der Waals surface area contributed by atoms with Gasteiger partial charge in [-0.05, 0) is 6.42 Å². The second kappa shape index (κ2) is 0.940. The molecule has 8 heavy (non-hydrogen) atoms. The van der Waals surface area contributed by atoms with E-state index in [0.717, 1.165) is 6.42 Å². The molecule has 3 nitrogen and oxygen atoms in total. The molecule has 0 radical (unpaired) electrons. The lowest BCUT2D eigenvalue weighted by atomic mass is 10.4. The normalized spacial score (nSPS) is 41.5. The molecule has 0 bridgehead atoms. The van der Waals surface area contributed by atoms with Crippen LogP contribution in [0.15, 0.2) is 0 Å². The van der Waals surface area contributed by atoms with E-state index >= 15 is 0 Å². The van der Waals surface area contributed by atoms with E-state index in [2.05, 4.69) is 4.74 Å². The molecule has 0 N–H and O–H groups in total. The van der Waals surface area contributed by atoms with Crippen molar-refractivity contribution in [2.45, 2.75) is 6.42 Å². The van der Waals surface area contributed by atoms with Crippen LogP contribution >= 0.6 is 0 Å². The van der Waals surface area contributed by atoms with Crippen LogP contribution in [0, 0.1) is 11.8 Å². The average Bonchev–Trinajstić information content (AvgIpc) is 2.35. The summed E-state index contributed by atoms with van der Waals surface area (Å²) < 4.78 is 4.25. The van der Waals surface area contributed by atoms with Crippen molar-refractivity contribution in [3.8, 4) is 0 Å². The van der Waals surface area contributed by atoms with Crippen molar-refractivity contribution in [1.29, 1.82) is 0 Å². The Kier molecular flexibility index (Phi) is 0.477. The molecule has 2 atom stereocenters. The lowest BCUT2D eigenvalue weighted by molar-refractivity contribution is -0.155. The largest absolute Gasteiger partial charge is 0.393 e. The van der Waals surface area contributed by atoms with Crippen molar-refractivity contribution in [1.82, 2.24) is 0 Å². The summed E-state index contributed by atoms with van der Waals surface area (Å²) in [5.74, 6) is -0.745. The van der Waals surface area contributed by atoms with Crippen molar-refractivity contribution in [2.24, 2.45) is 11.8 Å². The summed E-state index contributed by atoms with van der Waals surface area (Å²) in [4.78, 5) is 20.8. The van der Waals surface area contributed by atoms with Crippen LogP contribution in [-0.2, 0) is 14.3 Å². The molecule has 42 valence electrons. The molecule has 0 aromatic carbocycles. The maximum atomic E-state index is 10.4. The monoisotopic (exact) mass is 112 g/mol. The summed E-state index contributed by atoms with van der Waals surface area (Å²) in [6, 6.07) is 0. The van der Waals surface area contributed by atoms with Gasteiger partial charge < -0.3 is 4.74 Å². The van der Waals surface area contributed by atoms with E-state index in [1.54, 1.807) is 0 Å². The van der Waals surface area contributed by atoms with Gasteiger partial charge in [-0.25, -0.2) is 0 Å². The fraction of sp³-hybridized carbons (Fsp3) is 0.600. The Labute approximate surface area is 45.6 Å². The van der Waals surface area contributed by atoms with E-state index in [1.807, 2.05) is 0 Å². The maximum absolute atomic E-state index is 10.4. The zero-order chi connectivity index (χ0) is 5.72. The number of cyclic esters (lactones) is 2. The molecule has 1 saturated carbocycles. The average molecular weight is 112 g/mol. The Bertz CT molecular complexity index is 155. The number of carbonyl (C=O) groups is 2. The Hall–Kier alpha value is -0.860. The third-order valence-electron chi connectivity index (χ3n) is 1.60. The van der Waals surface area contributed by atoms with Crippen LogP contribution in [-0.4, -0.2) is 11.9 Å². The predicted octanol–water partition coefficient (Wildman–Crippen LogP) is -0.294. The van der Waals surface area contributed by atoms with Crippen molar-refractivity contribution in [3.05, 3.63) is 0 Å². The number of rotatable bonds is 0. The highest BCUT2D eigenvalue weighted by Gasteiger charge is 2.57. The lowest BCUT2D eigenvalue weighted by Crippen LogP contribution is -2.03. The van der Waals surface area contributed by atoms with Gasteiger partial charge in [-0.15, -0.1) is 0 Å². The maximum Gasteiger partial charge on any atom is 0.317 e. The molecule has 2 aliphatic rings. The first-order valence-electron chi connectivity index (χ1n) is 2.54. The molecule has 2 fully saturated rings. The van der Waals surface area contributed by atoms with Gasteiger partial charge in [0.15, 0.2) is 0 Å². The Morgan fingerprint density at radius 3 is 1.88 bits per heavy atom. The summed E-state index contributed by atoms with van der Waals surface area (Å²) in [6.45, 7) is 0. The molecule has 0 aromatic rings. The summed E-state index contributed by atoms with van der Waals surface area (Å²) in [5.41, 5.74) is 0. The molecule has 2 rings (SSSR count). The number of fused-ring (bicyclic) bond motifs is 1. The molecule has 3 heteroatoms. The van der Waals surface area contributed by atoms with Gasteiger partial charge in [-0.2, -0.15) is 0 Å². The molecular weight excluding hydrogens is 108 g/mol. The summed E-state index contributed by atoms with van der Waals surface area (Å²) >= 11 is 0. The summed E-state index contributed by atoms with van der Waals surface area (Å²) in [7, 11) is 0. The predicted molar refractivity (Wildman–Crippen MR) is 22.7 cm³/mol. The molecule has 1 saturated heterocycles. The molecule has 1 heterocycles. The minimum absolute atomic E-state index is 0.0532. The van der Waals surface area contributed by atoms with Gasteiger partial charge in [0.1, 0.15) is 0 Å². The molecule has 0 unspecified atom stereocenters. The van der Waals surface area contributed by atoms with Crippen molar-refractivity contribution < 1.29 is 14.3 Å². The van der Waals surface area contributed by atoms with Crippen LogP contribution in [0.4, 0.5) is 0 Å². The van der Waals surface area contributed by atoms with Gasteiger partial charge in [0, 0.05) is 0 Å². The number of carbonyl (C=O) groups excluding carboxylic acids is 2. The first-order chi connectivity index (χ1) is 3.79. The second-order valence-electron chi connectivity index (χ2n) is 2.19. The zero-order valence-corrected chi connectivity index (χ0v) is 4.09. The van der Waals surface area contributed by atoms with Crippen molar-refractivity contribution >= 4 is 11.9 Å². The highest BCUT2D eigenvalue weighted by Crippen LogP contribution is 2.45. The highest BCUT2D eigenvalue weighted by atomic mass is 16.6. The minimum Gasteiger partial charge on any atom is -0.393 e. The van der Waals surface area contributed by atoms with Gasteiger partial charge in [-0.3, -0.25) is 9.59 Å². The van der Waals surface area contributed by atoms with Crippen LogP contribution in [0.5, 0.6) is 0 Å². The topological polar surface area (TPSA) is 43.4 Å². The third-order valence-corrected chi connectivity index (χ3v) is 1.60. The van der Waals surface area contributed by atoms with Gasteiger partial charge in [0.2, 0.25) is 0 Å². The van der Waals surface area contributed by atoms with E-state index in [-0.39, 0.29) is 23.8 Å². The zero-order valence-electron chi connectivity index (χ0n) is 4.09. The summed E-state index contributed by atoms with van der Waals surface area (Å²) in [6.07, 6.45) is 0.734. The van der Waals surface area contributed by atoms with Crippen LogP contribution in [0.2, 0.25) is 0 Å². The molecule has 1 aliphatic carbocycles. The van der Waals surface area contributed by atoms with Gasteiger partial charge in [0.05, 0.1) is 11.8 Å². The number of esters is 2. The van der Waals surface area contributed by atoms with E-state index in [1.165, 1.54) is 0 Å². The lowest BCUT2D eigenvalue weighted by Gasteiger charge is -1.87. The van der Waals surface area contributed by atoms with E-state index < -0.39 is 0 Å². The Morgan fingerprint density at radius 2 is 1.75 bits per heavy atom. The number of ether oxygens (including phenoxy) is 1. The van der Waals surface area contributed by atoms with Crippen molar-refractivity contribution in [2.75, 3.05) is 0 Å². The first-order valence-corrected chi connectivity index (χ1v) is 2.54. The van der Waals surface area contributed by atoms with Crippen LogP contribution in [0.1, 0.15) is 6.42 Å². The number of hydrogen-bond acceptors (Lipinski definition) is 3. The SMILES string of the molecule is O=C1OC(=O)[C@@H]2C[C@H]12. The fourth-order valence-electron chi connectivity index (χ4n) is 0.967. The Morgan fingerprint density at radius 1 is 1.25 bits per heavy atom. The van der Waals surface area contributed by atoms with Crippen LogP contribution in [0.25, 0.3) is 0 Å². The second-order valence-corrected chi connectivity index (χ2v) is 2.19. The van der Waals surface area contributed by atoms with Crippen LogP contribution in [0.3, 0.4) is 0 Å². The van der Waals surface area contributed by atoms with Gasteiger partial charge >= 0.3 is 11.9 Å². The third kappa shape index (κ3) is 0.300. The Balaban J connectivity index is 2.31. The molecule has 1 aliphatic heterocycles. The van der Waals surface area contributed by atoms with Gasteiger partial charge in [0.25, 0.3) is 0 Å². The molecule has 0 aromatic heterocycles. The van der Waals surface area contributed by atoms with E-state index in [4.69, 9.17) is 0 Å². The summed E-state index contributed by atoms with van der Waals surface area (Å²) in [5, 5.41) is 0. The fourth-order valence-corrected chi connectivity index (χ4v) is 0.967. The highest BCUT2D eigenvalue weighted by molar-refractivity contribution is 6.00. The quantitative estimate of drug-likeness (QED) is 0.319. The molecule has 0 amide bonds. The number of hydrogen-bond donors (Lipinski definition) is 0. The molecule has 0 spiro atoms. The van der Waals surface area contributed by atoms with Crippen LogP contribution < -0.4 is 0 Å². The first kappa shape index (κ1) is 4.06. The standard InChI is InChI=1S/C5H4O3/c6-4-2-1-3(2)5(7)8-4/h2-3H,1H2/t2-,3+.